The van der Waals surface area contributed by atoms with Gasteiger partial charge >= 0.3 is 6.18 Å². The summed E-state index contributed by atoms with van der Waals surface area (Å²) >= 11 is 0. The molecule has 196 valence electrons. The second-order valence-corrected chi connectivity index (χ2v) is 8.80. The van der Waals surface area contributed by atoms with Crippen LogP contribution in [0.1, 0.15) is 28.3 Å². The van der Waals surface area contributed by atoms with Gasteiger partial charge in [-0.3, -0.25) is 4.79 Å². The first-order chi connectivity index (χ1) is 17.6. The first kappa shape index (κ1) is 26.2. The molecule has 1 aliphatic rings. The van der Waals surface area contributed by atoms with Gasteiger partial charge in [0.05, 0.1) is 42.3 Å². The van der Waals surface area contributed by atoms with Gasteiger partial charge in [-0.25, -0.2) is 14.4 Å². The molecule has 0 radical (unpaired) electrons. The van der Waals surface area contributed by atoms with Crippen molar-refractivity contribution in [1.29, 1.82) is 0 Å². The van der Waals surface area contributed by atoms with Crippen molar-refractivity contribution in [3.8, 4) is 11.8 Å². The molecule has 1 amide bonds. The molecule has 3 aromatic rings. The number of imidazole rings is 1. The zero-order chi connectivity index (χ0) is 26.6. The molecule has 4 rings (SSSR count). The number of hydrogen-bond acceptors (Lipinski definition) is 6. The summed E-state index contributed by atoms with van der Waals surface area (Å²) in [5.74, 6) is 5.23. The molecule has 37 heavy (non-hydrogen) atoms. The number of pyridine rings is 2. The van der Waals surface area contributed by atoms with E-state index in [1.54, 1.807) is 24.3 Å². The molecule has 12 heteroatoms. The molecule has 0 saturated carbocycles. The van der Waals surface area contributed by atoms with Crippen molar-refractivity contribution in [3.05, 3.63) is 53.7 Å². The minimum Gasteiger partial charge on any atom is -0.376 e. The van der Waals surface area contributed by atoms with Crippen LogP contribution in [-0.4, -0.2) is 77.3 Å². The summed E-state index contributed by atoms with van der Waals surface area (Å²) in [7, 11) is 3.35. The predicted molar refractivity (Wildman–Crippen MR) is 132 cm³/mol. The van der Waals surface area contributed by atoms with Gasteiger partial charge in [-0.1, -0.05) is 5.92 Å². The van der Waals surface area contributed by atoms with E-state index < -0.39 is 24.8 Å². The first-order valence-electron chi connectivity index (χ1n) is 11.7. The normalized spacial score (nSPS) is 18.2. The van der Waals surface area contributed by atoms with Crippen molar-refractivity contribution < 1.29 is 22.4 Å². The number of amides is 1. The Hall–Kier alpha value is -3.85. The number of carbonyl (C=O) groups is 1. The summed E-state index contributed by atoms with van der Waals surface area (Å²) in [6, 6.07) is 6.01. The number of carbonyl (C=O) groups excluding carboxylic acids is 1. The van der Waals surface area contributed by atoms with Crippen molar-refractivity contribution in [2.45, 2.75) is 31.2 Å². The third kappa shape index (κ3) is 6.48. The molecular formula is C25H27F4N7O. The van der Waals surface area contributed by atoms with Crippen molar-refractivity contribution in [2.24, 2.45) is 0 Å². The highest BCUT2D eigenvalue weighted by atomic mass is 19.4. The highest BCUT2D eigenvalue weighted by Crippen LogP contribution is 2.28. The van der Waals surface area contributed by atoms with Gasteiger partial charge in [0.15, 0.2) is 5.65 Å². The van der Waals surface area contributed by atoms with E-state index in [0.29, 0.717) is 24.3 Å². The van der Waals surface area contributed by atoms with Gasteiger partial charge in [-0.05, 0) is 43.7 Å². The molecule has 8 nitrogen and oxygen atoms in total. The number of hydrogen-bond donors (Lipinski definition) is 3. The van der Waals surface area contributed by atoms with Crippen LogP contribution in [0.2, 0.25) is 0 Å². The Morgan fingerprint density at radius 3 is 2.76 bits per heavy atom. The number of nitrogens with one attached hydrogen (secondary N) is 3. The minimum atomic E-state index is -4.47. The Bertz CT molecular complexity index is 1310. The van der Waals surface area contributed by atoms with Crippen molar-refractivity contribution in [1.82, 2.24) is 24.6 Å². The van der Waals surface area contributed by atoms with Crippen LogP contribution in [0, 0.1) is 11.8 Å². The molecule has 0 bridgehead atoms. The first-order valence-corrected chi connectivity index (χ1v) is 11.7. The van der Waals surface area contributed by atoms with Gasteiger partial charge in [0.1, 0.15) is 17.6 Å². The van der Waals surface area contributed by atoms with E-state index >= 15 is 0 Å². The average Bonchev–Trinajstić information content (AvgIpc) is 3.20. The summed E-state index contributed by atoms with van der Waals surface area (Å²) in [6.07, 6.45) is -3.27. The van der Waals surface area contributed by atoms with Gasteiger partial charge in [0.25, 0.3) is 5.91 Å². The lowest BCUT2D eigenvalue weighted by atomic mass is 10.0. The maximum atomic E-state index is 14.6. The van der Waals surface area contributed by atoms with Crippen LogP contribution in [0.4, 0.5) is 28.9 Å². The highest BCUT2D eigenvalue weighted by molar-refractivity contribution is 5.92. The molecule has 1 fully saturated rings. The van der Waals surface area contributed by atoms with Crippen LogP contribution in [0.3, 0.4) is 0 Å². The van der Waals surface area contributed by atoms with Crippen LogP contribution >= 0.6 is 0 Å². The number of fused-ring (bicyclic) bond motifs is 1. The molecule has 0 aromatic carbocycles. The molecular weight excluding hydrogens is 490 g/mol. The molecule has 1 aliphatic heterocycles. The number of rotatable bonds is 6. The molecule has 3 aromatic heterocycles. The van der Waals surface area contributed by atoms with Crippen molar-refractivity contribution in [2.75, 3.05) is 44.4 Å². The third-order valence-corrected chi connectivity index (χ3v) is 6.01. The fraction of sp³-hybridized carbons (Fsp3) is 0.400. The van der Waals surface area contributed by atoms with E-state index in [4.69, 9.17) is 0 Å². The Labute approximate surface area is 211 Å². The zero-order valence-electron chi connectivity index (χ0n) is 20.4. The Morgan fingerprint density at radius 1 is 1.27 bits per heavy atom. The highest BCUT2D eigenvalue weighted by Gasteiger charge is 2.32. The summed E-state index contributed by atoms with van der Waals surface area (Å²) in [6.45, 7) is 1.11. The van der Waals surface area contributed by atoms with E-state index in [-0.39, 0.29) is 41.7 Å². The van der Waals surface area contributed by atoms with Crippen LogP contribution in [0.15, 0.2) is 36.7 Å². The lowest BCUT2D eigenvalue weighted by Crippen LogP contribution is -2.46. The molecule has 0 unspecified atom stereocenters. The van der Waals surface area contributed by atoms with Gasteiger partial charge in [-0.15, -0.1) is 0 Å². The van der Waals surface area contributed by atoms with Gasteiger partial charge in [0, 0.05) is 26.3 Å². The Morgan fingerprint density at radius 2 is 2.08 bits per heavy atom. The topological polar surface area (TPSA) is 86.6 Å². The van der Waals surface area contributed by atoms with E-state index in [2.05, 4.69) is 37.8 Å². The largest absolute Gasteiger partial charge is 0.394 e. The monoisotopic (exact) mass is 517 g/mol. The lowest BCUT2D eigenvalue weighted by Gasteiger charge is -2.33. The quantitative estimate of drug-likeness (QED) is 0.344. The number of halogens is 4. The summed E-state index contributed by atoms with van der Waals surface area (Å²) in [5.41, 5.74) is 1.48. The summed E-state index contributed by atoms with van der Waals surface area (Å²) in [5, 5.41) is 8.61. The lowest BCUT2D eigenvalue weighted by molar-refractivity contribution is -0.128. The maximum Gasteiger partial charge on any atom is 0.394 e. The fourth-order valence-corrected chi connectivity index (χ4v) is 4.14. The molecule has 0 spiro atoms. The Balaban J connectivity index is 1.56. The van der Waals surface area contributed by atoms with E-state index in [1.807, 2.05) is 11.9 Å². The van der Waals surface area contributed by atoms with Crippen LogP contribution in [-0.2, 0) is 6.42 Å². The fourth-order valence-electron chi connectivity index (χ4n) is 4.14. The van der Waals surface area contributed by atoms with Gasteiger partial charge in [0.2, 0.25) is 0 Å². The number of alkyl halides is 4. The molecule has 0 aliphatic carbocycles. The molecule has 3 N–H and O–H groups in total. The van der Waals surface area contributed by atoms with Crippen LogP contribution in [0.5, 0.6) is 0 Å². The predicted octanol–water partition coefficient (Wildman–Crippen LogP) is 3.11. The smallest absolute Gasteiger partial charge is 0.376 e. The minimum absolute atomic E-state index is 0.00152. The maximum absolute atomic E-state index is 14.6. The SMILES string of the molecule is CNC(=O)c1ccc(NCC#Cc2nc3c(N[C@@H]4CCN(C)C[C@@H]4F)cccn3c2CC(F)(F)F)cn1. The van der Waals surface area contributed by atoms with Crippen LogP contribution in [0.25, 0.3) is 5.65 Å². The summed E-state index contributed by atoms with van der Waals surface area (Å²) in [4.78, 5) is 21.9. The van der Waals surface area contributed by atoms with E-state index in [0.717, 1.165) is 0 Å². The zero-order valence-corrected chi connectivity index (χ0v) is 20.4. The third-order valence-electron chi connectivity index (χ3n) is 6.01. The molecule has 4 heterocycles. The summed E-state index contributed by atoms with van der Waals surface area (Å²) < 4.78 is 56.2. The van der Waals surface area contributed by atoms with Gasteiger partial charge < -0.3 is 25.3 Å². The number of anilines is 2. The van der Waals surface area contributed by atoms with E-state index in [1.165, 1.54) is 23.8 Å². The van der Waals surface area contributed by atoms with E-state index in [9.17, 15) is 22.4 Å². The van der Waals surface area contributed by atoms with Gasteiger partial charge in [-0.2, -0.15) is 13.2 Å². The van der Waals surface area contributed by atoms with Crippen molar-refractivity contribution >= 4 is 22.9 Å². The average molecular weight is 518 g/mol. The number of piperidine rings is 1. The Kier molecular flexibility index (Phi) is 7.83. The molecule has 2 atom stereocenters. The number of nitrogens with zero attached hydrogens (tertiary/aromatic N) is 4. The number of likely N-dealkylation sites (tertiary alicyclic amines) is 1. The van der Waals surface area contributed by atoms with Crippen molar-refractivity contribution in [3.63, 3.8) is 0 Å². The second-order valence-electron chi connectivity index (χ2n) is 8.80. The van der Waals surface area contributed by atoms with Crippen LogP contribution < -0.4 is 16.0 Å². The number of aromatic nitrogens is 3. The second kappa shape index (κ2) is 11.0. The molecule has 1 saturated heterocycles. The standard InChI is InChI=1S/C25H27F4N7O/c1-30-24(37)21-8-7-16(14-32-21)31-10-3-5-19-22(13-25(27,28)29)36-11-4-6-20(23(36)34-19)33-18-9-12-35(2)15-17(18)26/h4,6-8,11,14,17-18,31,33H,9-10,12-13,15H2,1-2H3,(H,30,37)/t17-,18+/m0/s1.